The Bertz CT molecular complexity index is 1080. The fourth-order valence-electron chi connectivity index (χ4n) is 5.13. The average molecular weight is 586 g/mol. The summed E-state index contributed by atoms with van der Waals surface area (Å²) in [4.78, 5) is 54.8. The molecule has 0 bridgehead atoms. The smallest absolute Gasteiger partial charge is 0.467 e. The number of carbonyl (C=O) groups is 4. The van der Waals surface area contributed by atoms with Gasteiger partial charge in [-0.25, -0.2) is 9.59 Å². The van der Waals surface area contributed by atoms with Gasteiger partial charge in [0.05, 0.1) is 7.11 Å². The molecule has 228 valence electrons. The number of ether oxygens (including phenoxy) is 3. The predicted octanol–water partition coefficient (Wildman–Crippen LogP) is 3.81. The van der Waals surface area contributed by atoms with Crippen molar-refractivity contribution in [3.63, 3.8) is 0 Å². The number of hydrogen-bond donors (Lipinski definition) is 1. The summed E-state index contributed by atoms with van der Waals surface area (Å²) in [6.07, 6.45) is -3.12. The summed E-state index contributed by atoms with van der Waals surface area (Å²) >= 11 is 0. The molecule has 0 saturated carbocycles. The summed E-state index contributed by atoms with van der Waals surface area (Å²) in [5.74, 6) is -1.86. The number of alkyl carbamates (subject to hydrolysis) is 1. The van der Waals surface area contributed by atoms with Crippen LogP contribution >= 0.6 is 0 Å². The minimum atomic E-state index is -4.80. The van der Waals surface area contributed by atoms with Gasteiger partial charge in [-0.3, -0.25) is 9.59 Å². The molecule has 1 aromatic carbocycles. The molecule has 2 heterocycles. The molecule has 1 unspecified atom stereocenters. The summed E-state index contributed by atoms with van der Waals surface area (Å²) in [5.41, 5.74) is -0.126. The van der Waals surface area contributed by atoms with Gasteiger partial charge in [-0.05, 0) is 76.5 Å². The molecular weight excluding hydrogens is 547 g/mol. The van der Waals surface area contributed by atoms with Crippen molar-refractivity contribution in [2.24, 2.45) is 5.92 Å². The van der Waals surface area contributed by atoms with Crippen LogP contribution in [0.3, 0.4) is 0 Å². The Labute approximate surface area is 237 Å². The van der Waals surface area contributed by atoms with E-state index in [0.29, 0.717) is 25.1 Å². The highest BCUT2D eigenvalue weighted by molar-refractivity contribution is 5.91. The highest BCUT2D eigenvalue weighted by atomic mass is 19.4. The molecule has 0 aliphatic carbocycles. The van der Waals surface area contributed by atoms with Crippen molar-refractivity contribution >= 4 is 23.9 Å². The molecule has 1 N–H and O–H groups in total. The molecule has 2 fully saturated rings. The van der Waals surface area contributed by atoms with Gasteiger partial charge >= 0.3 is 18.4 Å². The quantitative estimate of drug-likeness (QED) is 0.439. The molecule has 2 aliphatic rings. The second-order valence-corrected chi connectivity index (χ2v) is 11.4. The van der Waals surface area contributed by atoms with Gasteiger partial charge in [0, 0.05) is 26.1 Å². The molecule has 1 aromatic rings. The highest BCUT2D eigenvalue weighted by Crippen LogP contribution is 2.30. The van der Waals surface area contributed by atoms with Crippen LogP contribution in [0.5, 0.6) is 5.75 Å². The van der Waals surface area contributed by atoms with Gasteiger partial charge in [0.15, 0.2) is 0 Å². The van der Waals surface area contributed by atoms with Gasteiger partial charge in [-0.15, -0.1) is 13.2 Å². The topological polar surface area (TPSA) is 114 Å². The van der Waals surface area contributed by atoms with Crippen LogP contribution in [0.4, 0.5) is 18.0 Å². The molecule has 10 nitrogen and oxygen atoms in total. The van der Waals surface area contributed by atoms with Crippen molar-refractivity contribution in [1.29, 1.82) is 0 Å². The average Bonchev–Trinajstić information content (AvgIpc) is 3.55. The number of rotatable bonds is 9. The van der Waals surface area contributed by atoms with Crippen LogP contribution in [0.1, 0.15) is 58.4 Å². The maximum atomic E-state index is 13.8. The van der Waals surface area contributed by atoms with E-state index in [0.717, 1.165) is 12.8 Å². The first kappa shape index (κ1) is 32.0. The number of carbonyl (C=O) groups excluding carboxylic acids is 4. The Morgan fingerprint density at radius 2 is 1.68 bits per heavy atom. The molecular formula is C28H38F3N3O7. The summed E-state index contributed by atoms with van der Waals surface area (Å²) in [6.45, 7) is 6.49. The van der Waals surface area contributed by atoms with E-state index in [1.807, 2.05) is 0 Å². The SMILES string of the molecule is COC(=O)[C@@H]1CC(Cc2ccc(OC(F)(F)F)cc2)CN1C(=O)[C@@H](CCC(=O)N1CCCC1)NC(=O)OC(C)(C)C. The Morgan fingerprint density at radius 3 is 2.24 bits per heavy atom. The normalized spacial score (nSPS) is 20.0. The number of benzene rings is 1. The van der Waals surface area contributed by atoms with E-state index in [1.165, 1.54) is 36.3 Å². The van der Waals surface area contributed by atoms with E-state index in [1.54, 1.807) is 25.7 Å². The molecule has 0 aromatic heterocycles. The lowest BCUT2D eigenvalue weighted by Crippen LogP contribution is -2.53. The third-order valence-electron chi connectivity index (χ3n) is 6.92. The summed E-state index contributed by atoms with van der Waals surface area (Å²) in [6, 6.07) is 3.35. The number of likely N-dealkylation sites (tertiary alicyclic amines) is 2. The van der Waals surface area contributed by atoms with E-state index in [9.17, 15) is 32.3 Å². The number of halogens is 3. The monoisotopic (exact) mass is 585 g/mol. The van der Waals surface area contributed by atoms with E-state index >= 15 is 0 Å². The summed E-state index contributed by atoms with van der Waals surface area (Å²) in [7, 11) is 1.21. The molecule has 3 rings (SSSR count). The van der Waals surface area contributed by atoms with E-state index in [4.69, 9.17) is 9.47 Å². The van der Waals surface area contributed by atoms with Crippen LogP contribution in [0.2, 0.25) is 0 Å². The van der Waals surface area contributed by atoms with Crippen LogP contribution in [-0.4, -0.2) is 84.5 Å². The van der Waals surface area contributed by atoms with Crippen molar-refractivity contribution in [3.05, 3.63) is 29.8 Å². The summed E-state index contributed by atoms with van der Waals surface area (Å²) in [5, 5.41) is 2.58. The standard InChI is InChI=1S/C28H38F3N3O7/c1-27(2,3)41-26(38)32-21(11-12-23(35)33-13-5-6-14-33)24(36)34-17-19(16-22(34)25(37)39-4)15-18-7-9-20(10-8-18)40-28(29,30)31/h7-10,19,21-22H,5-6,11-17H2,1-4H3,(H,32,38)/t19?,21-,22+/m1/s1. The first-order valence-corrected chi connectivity index (χ1v) is 13.7. The van der Waals surface area contributed by atoms with Crippen molar-refractivity contribution in [2.45, 2.75) is 83.3 Å². The first-order chi connectivity index (χ1) is 19.1. The third kappa shape index (κ3) is 9.82. The van der Waals surface area contributed by atoms with Crippen LogP contribution < -0.4 is 10.1 Å². The largest absolute Gasteiger partial charge is 0.573 e. The number of nitrogens with zero attached hydrogens (tertiary/aromatic N) is 2. The van der Waals surface area contributed by atoms with Crippen molar-refractivity contribution in [1.82, 2.24) is 15.1 Å². The van der Waals surface area contributed by atoms with Gasteiger partial charge < -0.3 is 29.3 Å². The van der Waals surface area contributed by atoms with Gasteiger partial charge in [-0.1, -0.05) is 12.1 Å². The Hall–Kier alpha value is -3.51. The summed E-state index contributed by atoms with van der Waals surface area (Å²) < 4.78 is 51.6. The third-order valence-corrected chi connectivity index (χ3v) is 6.92. The molecule has 41 heavy (non-hydrogen) atoms. The van der Waals surface area contributed by atoms with Gasteiger partial charge in [0.25, 0.3) is 0 Å². The molecule has 2 saturated heterocycles. The van der Waals surface area contributed by atoms with Crippen molar-refractivity contribution in [3.8, 4) is 5.75 Å². The molecule has 3 amide bonds. The fourth-order valence-corrected chi connectivity index (χ4v) is 5.13. The number of amides is 3. The van der Waals surface area contributed by atoms with E-state index < -0.39 is 42.0 Å². The number of nitrogens with one attached hydrogen (secondary N) is 1. The first-order valence-electron chi connectivity index (χ1n) is 13.7. The van der Waals surface area contributed by atoms with Crippen LogP contribution in [0, 0.1) is 5.92 Å². The van der Waals surface area contributed by atoms with Crippen LogP contribution in [0.15, 0.2) is 24.3 Å². The minimum absolute atomic E-state index is 0.0170. The number of alkyl halides is 3. The number of hydrogen-bond acceptors (Lipinski definition) is 7. The molecule has 0 radical (unpaired) electrons. The zero-order valence-electron chi connectivity index (χ0n) is 23.8. The lowest BCUT2D eigenvalue weighted by Gasteiger charge is -2.29. The maximum absolute atomic E-state index is 13.8. The fraction of sp³-hybridized carbons (Fsp3) is 0.643. The second-order valence-electron chi connectivity index (χ2n) is 11.4. The minimum Gasteiger partial charge on any atom is -0.467 e. The highest BCUT2D eigenvalue weighted by Gasteiger charge is 2.43. The maximum Gasteiger partial charge on any atom is 0.573 e. The molecule has 2 aliphatic heterocycles. The van der Waals surface area contributed by atoms with Crippen LogP contribution in [-0.2, 0) is 30.3 Å². The number of methoxy groups -OCH3 is 1. The molecule has 3 atom stereocenters. The van der Waals surface area contributed by atoms with Crippen LogP contribution in [0.25, 0.3) is 0 Å². The lowest BCUT2D eigenvalue weighted by atomic mass is 9.97. The molecule has 13 heteroatoms. The van der Waals surface area contributed by atoms with Gasteiger partial charge in [0.2, 0.25) is 11.8 Å². The second kappa shape index (κ2) is 13.4. The van der Waals surface area contributed by atoms with E-state index in [2.05, 4.69) is 10.1 Å². The number of esters is 1. The van der Waals surface area contributed by atoms with Crippen molar-refractivity contribution < 1.29 is 46.6 Å². The zero-order valence-corrected chi connectivity index (χ0v) is 23.8. The predicted molar refractivity (Wildman–Crippen MR) is 141 cm³/mol. The lowest BCUT2D eigenvalue weighted by molar-refractivity contribution is -0.274. The Kier molecular flexibility index (Phi) is 10.5. The Morgan fingerprint density at radius 1 is 1.05 bits per heavy atom. The van der Waals surface area contributed by atoms with Crippen molar-refractivity contribution in [2.75, 3.05) is 26.7 Å². The van der Waals surface area contributed by atoms with Gasteiger partial charge in [0.1, 0.15) is 23.4 Å². The Balaban J connectivity index is 1.74. The van der Waals surface area contributed by atoms with Gasteiger partial charge in [-0.2, -0.15) is 0 Å². The van der Waals surface area contributed by atoms with E-state index in [-0.39, 0.29) is 43.4 Å². The zero-order chi connectivity index (χ0) is 30.4. The molecule has 0 spiro atoms.